The van der Waals surface area contributed by atoms with Crippen LogP contribution in [0.25, 0.3) is 0 Å². The van der Waals surface area contributed by atoms with Gasteiger partial charge < -0.3 is 21.3 Å². The summed E-state index contributed by atoms with van der Waals surface area (Å²) in [6.45, 7) is 7.86. The highest BCUT2D eigenvalue weighted by Gasteiger charge is 2.30. The number of hydrogen-bond acceptors (Lipinski definition) is 4. The third kappa shape index (κ3) is 11.1. The maximum absolute atomic E-state index is 12.0. The Morgan fingerprint density at radius 1 is 0.692 bits per heavy atom. The maximum Gasteiger partial charge on any atom is 0.220 e. The van der Waals surface area contributed by atoms with Gasteiger partial charge in [-0.15, -0.1) is 0 Å². The van der Waals surface area contributed by atoms with Crippen molar-refractivity contribution >= 4 is 17.7 Å². The summed E-state index contributed by atoms with van der Waals surface area (Å²) in [4.78, 5) is 35.8. The van der Waals surface area contributed by atoms with Crippen LogP contribution in [-0.2, 0) is 14.4 Å². The molecule has 0 atom stereocenters. The van der Waals surface area contributed by atoms with Crippen LogP contribution in [0.2, 0.25) is 0 Å². The molecular weight excluding hydrogens is 332 g/mol. The molecule has 0 aliphatic rings. The molecule has 0 radical (unpaired) electrons. The van der Waals surface area contributed by atoms with Crippen LogP contribution in [0.15, 0.2) is 0 Å². The molecular formula is C19H38N4O3. The third-order valence-electron chi connectivity index (χ3n) is 4.54. The minimum atomic E-state index is -0.405. The van der Waals surface area contributed by atoms with E-state index in [2.05, 4.69) is 21.3 Å². The van der Waals surface area contributed by atoms with E-state index in [0.29, 0.717) is 58.2 Å². The standard InChI is InChI=1S/C19H38N4O3/c1-5-14-22-17(25)9-12-19(20-4,11-8-16(24)21-7-3)13-10-18(26)23-15-6-2/h20H,5-15H2,1-4H3,(H,21,24)(H,22,25)(H,23,26). The van der Waals surface area contributed by atoms with Crippen molar-refractivity contribution in [3.8, 4) is 0 Å². The van der Waals surface area contributed by atoms with Gasteiger partial charge in [0.25, 0.3) is 0 Å². The van der Waals surface area contributed by atoms with E-state index in [-0.39, 0.29) is 17.7 Å². The Hall–Kier alpha value is -1.63. The highest BCUT2D eigenvalue weighted by Crippen LogP contribution is 2.25. The average molecular weight is 371 g/mol. The molecule has 4 N–H and O–H groups in total. The number of carbonyl (C=O) groups is 3. The number of rotatable bonds is 15. The zero-order valence-corrected chi connectivity index (χ0v) is 17.0. The molecule has 3 amide bonds. The summed E-state index contributed by atoms with van der Waals surface area (Å²) in [5.41, 5.74) is -0.405. The predicted molar refractivity (Wildman–Crippen MR) is 105 cm³/mol. The molecule has 0 saturated carbocycles. The molecule has 152 valence electrons. The number of carbonyl (C=O) groups excluding carboxylic acids is 3. The van der Waals surface area contributed by atoms with Crippen molar-refractivity contribution in [2.75, 3.05) is 26.7 Å². The van der Waals surface area contributed by atoms with Crippen molar-refractivity contribution in [2.45, 2.75) is 77.7 Å². The first kappa shape index (κ1) is 24.4. The Labute approximate surface area is 158 Å². The summed E-state index contributed by atoms with van der Waals surface area (Å²) in [7, 11) is 1.84. The lowest BCUT2D eigenvalue weighted by atomic mass is 9.83. The Morgan fingerprint density at radius 3 is 1.38 bits per heavy atom. The average Bonchev–Trinajstić information content (AvgIpc) is 2.64. The highest BCUT2D eigenvalue weighted by molar-refractivity contribution is 5.77. The van der Waals surface area contributed by atoms with Gasteiger partial charge >= 0.3 is 0 Å². The van der Waals surface area contributed by atoms with Crippen molar-refractivity contribution in [2.24, 2.45) is 0 Å². The molecule has 0 fully saturated rings. The molecule has 0 aromatic carbocycles. The summed E-state index contributed by atoms with van der Waals surface area (Å²) in [5, 5.41) is 11.9. The van der Waals surface area contributed by atoms with Gasteiger partial charge in [-0.25, -0.2) is 0 Å². The zero-order valence-electron chi connectivity index (χ0n) is 17.0. The van der Waals surface area contributed by atoms with E-state index in [1.54, 1.807) is 0 Å². The summed E-state index contributed by atoms with van der Waals surface area (Å²) in [6.07, 6.45) is 4.73. The van der Waals surface area contributed by atoms with Crippen LogP contribution in [0.3, 0.4) is 0 Å². The van der Waals surface area contributed by atoms with Gasteiger partial charge in [0, 0.05) is 44.4 Å². The Morgan fingerprint density at radius 2 is 1.08 bits per heavy atom. The number of hydrogen-bond donors (Lipinski definition) is 4. The lowest BCUT2D eigenvalue weighted by Crippen LogP contribution is -2.46. The summed E-state index contributed by atoms with van der Waals surface area (Å²) >= 11 is 0. The van der Waals surface area contributed by atoms with Crippen molar-refractivity contribution in [3.63, 3.8) is 0 Å². The molecule has 7 heteroatoms. The van der Waals surface area contributed by atoms with E-state index in [0.717, 1.165) is 12.8 Å². The third-order valence-corrected chi connectivity index (χ3v) is 4.54. The Bertz CT molecular complexity index is 403. The molecule has 7 nitrogen and oxygen atoms in total. The SMILES string of the molecule is CCCNC(=O)CCC(CCC(=O)NCC)(CCC(=O)NCCC)NC. The molecule has 26 heavy (non-hydrogen) atoms. The second-order valence-corrected chi connectivity index (χ2v) is 6.68. The number of nitrogens with one attached hydrogen (secondary N) is 4. The van der Waals surface area contributed by atoms with Crippen LogP contribution in [0.1, 0.15) is 72.1 Å². The monoisotopic (exact) mass is 370 g/mol. The van der Waals surface area contributed by atoms with Crippen molar-refractivity contribution in [3.05, 3.63) is 0 Å². The first-order valence-electron chi connectivity index (χ1n) is 9.92. The normalized spacial score (nSPS) is 11.1. The topological polar surface area (TPSA) is 99.3 Å². The highest BCUT2D eigenvalue weighted by atomic mass is 16.2. The summed E-state index contributed by atoms with van der Waals surface area (Å²) in [5.74, 6) is 0.0258. The van der Waals surface area contributed by atoms with E-state index in [1.165, 1.54) is 0 Å². The van der Waals surface area contributed by atoms with Gasteiger partial charge in [-0.05, 0) is 46.1 Å². The van der Waals surface area contributed by atoms with Gasteiger partial charge in [0.15, 0.2) is 0 Å². The van der Waals surface area contributed by atoms with Gasteiger partial charge in [0.2, 0.25) is 17.7 Å². The fourth-order valence-electron chi connectivity index (χ4n) is 2.80. The largest absolute Gasteiger partial charge is 0.356 e. The molecule has 0 aromatic heterocycles. The van der Waals surface area contributed by atoms with Crippen molar-refractivity contribution in [1.82, 2.24) is 21.3 Å². The van der Waals surface area contributed by atoms with E-state index in [4.69, 9.17) is 0 Å². The second kappa shape index (κ2) is 14.5. The Balaban J connectivity index is 4.81. The quantitative estimate of drug-likeness (QED) is 0.351. The molecule has 0 spiro atoms. The maximum atomic E-state index is 12.0. The lowest BCUT2D eigenvalue weighted by Gasteiger charge is -2.33. The first-order valence-corrected chi connectivity index (χ1v) is 9.92. The van der Waals surface area contributed by atoms with E-state index >= 15 is 0 Å². The van der Waals surface area contributed by atoms with Gasteiger partial charge in [-0.3, -0.25) is 14.4 Å². The molecule has 0 aliphatic heterocycles. The fourth-order valence-corrected chi connectivity index (χ4v) is 2.80. The first-order chi connectivity index (χ1) is 12.4. The predicted octanol–water partition coefficient (Wildman–Crippen LogP) is 1.47. The molecule has 0 unspecified atom stereocenters. The molecule has 0 bridgehead atoms. The van der Waals surface area contributed by atoms with Crippen LogP contribution in [-0.4, -0.2) is 49.9 Å². The van der Waals surface area contributed by atoms with Crippen LogP contribution in [0, 0.1) is 0 Å². The lowest BCUT2D eigenvalue weighted by molar-refractivity contribution is -0.121. The molecule has 0 saturated heterocycles. The fraction of sp³-hybridized carbons (Fsp3) is 0.842. The van der Waals surface area contributed by atoms with Crippen molar-refractivity contribution in [1.29, 1.82) is 0 Å². The molecule has 0 heterocycles. The summed E-state index contributed by atoms with van der Waals surface area (Å²) < 4.78 is 0. The molecule has 0 rings (SSSR count). The van der Waals surface area contributed by atoms with Crippen LogP contribution in [0.5, 0.6) is 0 Å². The van der Waals surface area contributed by atoms with Gasteiger partial charge in [-0.2, -0.15) is 0 Å². The van der Waals surface area contributed by atoms with E-state index < -0.39 is 5.54 Å². The smallest absolute Gasteiger partial charge is 0.220 e. The molecule has 0 aromatic rings. The summed E-state index contributed by atoms with van der Waals surface area (Å²) in [6, 6.07) is 0. The van der Waals surface area contributed by atoms with Crippen LogP contribution in [0.4, 0.5) is 0 Å². The number of amides is 3. The van der Waals surface area contributed by atoms with Gasteiger partial charge in [0.05, 0.1) is 0 Å². The van der Waals surface area contributed by atoms with Gasteiger partial charge in [-0.1, -0.05) is 13.8 Å². The van der Waals surface area contributed by atoms with Crippen molar-refractivity contribution < 1.29 is 14.4 Å². The minimum absolute atomic E-state index is 0.00186. The Kier molecular flexibility index (Phi) is 13.6. The van der Waals surface area contributed by atoms with E-state index in [9.17, 15) is 14.4 Å². The zero-order chi connectivity index (χ0) is 19.8. The van der Waals surface area contributed by atoms with E-state index in [1.807, 2.05) is 27.8 Å². The van der Waals surface area contributed by atoms with Crippen LogP contribution < -0.4 is 21.3 Å². The second-order valence-electron chi connectivity index (χ2n) is 6.68. The molecule has 0 aliphatic carbocycles. The van der Waals surface area contributed by atoms with Gasteiger partial charge in [0.1, 0.15) is 0 Å². The minimum Gasteiger partial charge on any atom is -0.356 e. The van der Waals surface area contributed by atoms with Crippen LogP contribution >= 0.6 is 0 Å².